The van der Waals surface area contributed by atoms with Gasteiger partial charge in [-0.05, 0) is 57.8 Å². The maximum absolute atomic E-state index is 12.1. The van der Waals surface area contributed by atoms with E-state index >= 15 is 0 Å². The van der Waals surface area contributed by atoms with E-state index in [1.54, 1.807) is 6.07 Å². The van der Waals surface area contributed by atoms with E-state index < -0.39 is 0 Å². The Hall–Kier alpha value is -1.40. The summed E-state index contributed by atoms with van der Waals surface area (Å²) in [5.41, 5.74) is 0. The van der Waals surface area contributed by atoms with Gasteiger partial charge < -0.3 is 9.64 Å². The monoisotopic (exact) mass is 339 g/mol. The molecule has 1 amide bonds. The van der Waals surface area contributed by atoms with Crippen molar-refractivity contribution < 1.29 is 9.53 Å². The van der Waals surface area contributed by atoms with Crippen LogP contribution in [0.1, 0.15) is 50.2 Å². The van der Waals surface area contributed by atoms with Crippen LogP contribution in [0.5, 0.6) is 0 Å². The van der Waals surface area contributed by atoms with E-state index in [4.69, 9.17) is 4.74 Å². The largest absolute Gasteiger partial charge is 0.465 e. The van der Waals surface area contributed by atoms with Crippen molar-refractivity contribution in [1.82, 2.24) is 10.2 Å². The third-order valence-electron chi connectivity index (χ3n) is 3.57. The van der Waals surface area contributed by atoms with Crippen LogP contribution in [0, 0.1) is 0 Å². The highest BCUT2D eigenvalue weighted by molar-refractivity contribution is 7.12. The Morgan fingerprint density at radius 1 is 1.39 bits per heavy atom. The number of hydrogen-bond donors (Lipinski definition) is 1. The van der Waals surface area contributed by atoms with Gasteiger partial charge in [-0.1, -0.05) is 19.9 Å². The Labute approximate surface area is 143 Å². The standard InChI is InChI=1S/C17H29N3O2S/c1-5-20(6-2)12-8-10-14(4)18-17(22-7-3)19-16(21)15-11-9-13-23-15/h9,11,13-14H,5-8,10,12H2,1-4H3,(H,18,19,21)/t14-/m0/s1. The van der Waals surface area contributed by atoms with Crippen molar-refractivity contribution in [2.75, 3.05) is 26.2 Å². The average Bonchev–Trinajstić information content (AvgIpc) is 3.06. The van der Waals surface area contributed by atoms with Gasteiger partial charge in [0.15, 0.2) is 0 Å². The summed E-state index contributed by atoms with van der Waals surface area (Å²) in [6.07, 6.45) is 2.06. The highest BCUT2D eigenvalue weighted by Crippen LogP contribution is 2.08. The molecule has 0 unspecified atom stereocenters. The molecule has 1 aromatic rings. The van der Waals surface area contributed by atoms with Crippen molar-refractivity contribution in [3.05, 3.63) is 22.4 Å². The van der Waals surface area contributed by atoms with Crippen molar-refractivity contribution in [2.45, 2.75) is 46.6 Å². The number of thiophene rings is 1. The molecule has 0 spiro atoms. The number of rotatable bonds is 9. The Balaban J connectivity index is 2.50. The van der Waals surface area contributed by atoms with Crippen LogP contribution in [-0.4, -0.2) is 49.1 Å². The summed E-state index contributed by atoms with van der Waals surface area (Å²) < 4.78 is 5.46. The first kappa shape index (κ1) is 19.6. The van der Waals surface area contributed by atoms with Gasteiger partial charge >= 0.3 is 0 Å². The molecule has 23 heavy (non-hydrogen) atoms. The number of carbonyl (C=O) groups is 1. The van der Waals surface area contributed by atoms with E-state index in [2.05, 4.69) is 36.0 Å². The molecule has 0 bridgehead atoms. The summed E-state index contributed by atoms with van der Waals surface area (Å²) in [7, 11) is 0. The topological polar surface area (TPSA) is 53.9 Å². The molecule has 1 heterocycles. The van der Waals surface area contributed by atoms with Crippen molar-refractivity contribution in [1.29, 1.82) is 0 Å². The Morgan fingerprint density at radius 2 is 2.13 bits per heavy atom. The Kier molecular flexibility index (Phi) is 9.55. The molecule has 1 rings (SSSR count). The predicted octanol–water partition coefficient (Wildman–Crippen LogP) is 3.38. The maximum Gasteiger partial charge on any atom is 0.291 e. The van der Waals surface area contributed by atoms with Gasteiger partial charge in [0.05, 0.1) is 17.5 Å². The Morgan fingerprint density at radius 3 is 2.70 bits per heavy atom. The van der Waals surface area contributed by atoms with Crippen LogP contribution in [0.2, 0.25) is 0 Å². The van der Waals surface area contributed by atoms with Crippen LogP contribution >= 0.6 is 11.3 Å². The minimum Gasteiger partial charge on any atom is -0.465 e. The van der Waals surface area contributed by atoms with Crippen molar-refractivity contribution >= 4 is 23.3 Å². The second-order valence-electron chi connectivity index (χ2n) is 5.32. The lowest BCUT2D eigenvalue weighted by atomic mass is 10.2. The zero-order valence-electron chi connectivity index (χ0n) is 14.7. The predicted molar refractivity (Wildman–Crippen MR) is 97.3 cm³/mol. The fourth-order valence-corrected chi connectivity index (χ4v) is 2.84. The zero-order chi connectivity index (χ0) is 17.1. The molecule has 130 valence electrons. The zero-order valence-corrected chi connectivity index (χ0v) is 15.5. The van der Waals surface area contributed by atoms with Gasteiger partial charge in [0.25, 0.3) is 11.9 Å². The number of nitrogens with zero attached hydrogens (tertiary/aromatic N) is 2. The molecule has 5 nitrogen and oxygen atoms in total. The molecular weight excluding hydrogens is 310 g/mol. The molecule has 0 aliphatic rings. The minimum absolute atomic E-state index is 0.121. The van der Waals surface area contributed by atoms with Crippen LogP contribution < -0.4 is 5.32 Å². The molecule has 0 saturated carbocycles. The molecule has 0 radical (unpaired) electrons. The van der Waals surface area contributed by atoms with E-state index in [0.717, 1.165) is 32.5 Å². The summed E-state index contributed by atoms with van der Waals surface area (Å²) >= 11 is 1.40. The molecule has 1 N–H and O–H groups in total. The van der Waals surface area contributed by atoms with Gasteiger partial charge in [-0.15, -0.1) is 11.3 Å². The molecular formula is C17H29N3O2S. The van der Waals surface area contributed by atoms with Gasteiger partial charge in [0.2, 0.25) is 0 Å². The van der Waals surface area contributed by atoms with E-state index in [1.165, 1.54) is 11.3 Å². The normalized spacial score (nSPS) is 13.2. The number of hydrogen-bond acceptors (Lipinski definition) is 5. The van der Waals surface area contributed by atoms with Crippen LogP contribution in [0.3, 0.4) is 0 Å². The molecule has 6 heteroatoms. The third-order valence-corrected chi connectivity index (χ3v) is 4.44. The quantitative estimate of drug-likeness (QED) is 0.554. The van der Waals surface area contributed by atoms with E-state index in [9.17, 15) is 4.79 Å². The summed E-state index contributed by atoms with van der Waals surface area (Å²) in [4.78, 5) is 19.7. The summed E-state index contributed by atoms with van der Waals surface area (Å²) in [5.74, 6) is -0.164. The number of carbonyl (C=O) groups excluding carboxylic acids is 1. The van der Waals surface area contributed by atoms with Gasteiger partial charge in [-0.2, -0.15) is 0 Å². The van der Waals surface area contributed by atoms with Gasteiger partial charge in [0.1, 0.15) is 0 Å². The van der Waals surface area contributed by atoms with Gasteiger partial charge in [-0.25, -0.2) is 4.99 Å². The first-order valence-corrected chi connectivity index (χ1v) is 9.26. The lowest BCUT2D eigenvalue weighted by Gasteiger charge is -2.18. The number of nitrogens with one attached hydrogen (secondary N) is 1. The van der Waals surface area contributed by atoms with Crippen molar-refractivity contribution in [3.63, 3.8) is 0 Å². The summed E-state index contributed by atoms with van der Waals surface area (Å²) in [6.45, 7) is 12.0. The summed E-state index contributed by atoms with van der Waals surface area (Å²) in [6, 6.07) is 4.08. The second-order valence-corrected chi connectivity index (χ2v) is 6.26. The van der Waals surface area contributed by atoms with Crippen molar-refractivity contribution in [3.8, 4) is 0 Å². The highest BCUT2D eigenvalue weighted by Gasteiger charge is 2.12. The fourth-order valence-electron chi connectivity index (χ4n) is 2.22. The van der Waals surface area contributed by atoms with Crippen molar-refractivity contribution in [2.24, 2.45) is 4.99 Å². The van der Waals surface area contributed by atoms with Gasteiger partial charge in [0, 0.05) is 0 Å². The number of amides is 1. The van der Waals surface area contributed by atoms with E-state index in [1.807, 2.05) is 18.4 Å². The number of ether oxygens (including phenoxy) is 1. The lowest BCUT2D eigenvalue weighted by molar-refractivity contribution is 0.0970. The third kappa shape index (κ3) is 7.61. The van der Waals surface area contributed by atoms with Crippen LogP contribution in [-0.2, 0) is 4.74 Å². The van der Waals surface area contributed by atoms with Crippen LogP contribution in [0.4, 0.5) is 0 Å². The van der Waals surface area contributed by atoms with Crippen LogP contribution in [0.25, 0.3) is 0 Å². The SMILES string of the molecule is CCOC(=N[C@@H](C)CCCN(CC)CC)NC(=O)c1cccs1. The fraction of sp³-hybridized carbons (Fsp3) is 0.647. The minimum atomic E-state index is -0.164. The smallest absolute Gasteiger partial charge is 0.291 e. The van der Waals surface area contributed by atoms with E-state index in [0.29, 0.717) is 17.5 Å². The average molecular weight is 340 g/mol. The highest BCUT2D eigenvalue weighted by atomic mass is 32.1. The van der Waals surface area contributed by atoms with Crippen LogP contribution in [0.15, 0.2) is 22.5 Å². The first-order chi connectivity index (χ1) is 11.1. The molecule has 0 aliphatic carbocycles. The second kappa shape index (κ2) is 11.2. The summed E-state index contributed by atoms with van der Waals surface area (Å²) in [5, 5.41) is 4.64. The van der Waals surface area contributed by atoms with E-state index in [-0.39, 0.29) is 11.9 Å². The molecule has 0 saturated heterocycles. The Bertz CT molecular complexity index is 470. The number of aliphatic imine (C=N–C) groups is 1. The molecule has 1 atom stereocenters. The molecule has 0 aliphatic heterocycles. The number of amidine groups is 1. The molecule has 0 fully saturated rings. The molecule has 1 aromatic heterocycles. The lowest BCUT2D eigenvalue weighted by Crippen LogP contribution is -2.33. The van der Waals surface area contributed by atoms with Gasteiger partial charge in [-0.3, -0.25) is 10.1 Å². The maximum atomic E-state index is 12.1. The molecule has 0 aromatic carbocycles. The first-order valence-electron chi connectivity index (χ1n) is 8.38.